The molecule has 7 nitrogen and oxygen atoms in total. The molecule has 21 heavy (non-hydrogen) atoms. The monoisotopic (exact) mass is 292 g/mol. The van der Waals surface area contributed by atoms with Crippen molar-refractivity contribution in [2.45, 2.75) is 6.42 Å². The molecule has 0 unspecified atom stereocenters. The van der Waals surface area contributed by atoms with Crippen LogP contribution in [-0.4, -0.2) is 49.8 Å². The molecule has 3 amide bonds. The number of carbonyl (C=O) groups excluding carboxylic acids is 3. The molecule has 114 valence electrons. The zero-order valence-electron chi connectivity index (χ0n) is 12.2. The lowest BCUT2D eigenvalue weighted by atomic mass is 10.2. The van der Waals surface area contributed by atoms with E-state index in [1.807, 2.05) is 19.0 Å². The molecular formula is C14H20N4O3. The van der Waals surface area contributed by atoms with Crippen LogP contribution in [0.3, 0.4) is 0 Å². The van der Waals surface area contributed by atoms with Crippen molar-refractivity contribution < 1.29 is 14.4 Å². The number of amides is 3. The molecule has 0 bridgehead atoms. The minimum absolute atomic E-state index is 0.334. The van der Waals surface area contributed by atoms with Gasteiger partial charge in [0.25, 0.3) is 0 Å². The van der Waals surface area contributed by atoms with Gasteiger partial charge in [0.15, 0.2) is 0 Å². The molecule has 0 atom stereocenters. The Labute approximate surface area is 123 Å². The van der Waals surface area contributed by atoms with Gasteiger partial charge in [-0.1, -0.05) is 0 Å². The molecule has 0 aliphatic carbocycles. The Hall–Kier alpha value is -2.41. The molecule has 1 aromatic carbocycles. The van der Waals surface area contributed by atoms with Crippen LogP contribution in [0.1, 0.15) is 16.8 Å². The minimum Gasteiger partial charge on any atom is -0.366 e. The third-order valence-corrected chi connectivity index (χ3v) is 2.70. The normalized spacial score (nSPS) is 10.2. The van der Waals surface area contributed by atoms with Crippen LogP contribution in [0, 0.1) is 0 Å². The maximum absolute atomic E-state index is 11.6. The van der Waals surface area contributed by atoms with Crippen LogP contribution in [0.25, 0.3) is 0 Å². The number of anilines is 1. The Morgan fingerprint density at radius 3 is 2.24 bits per heavy atom. The van der Waals surface area contributed by atoms with E-state index in [9.17, 15) is 14.4 Å². The largest absolute Gasteiger partial charge is 0.366 e. The molecule has 0 saturated carbocycles. The van der Waals surface area contributed by atoms with Gasteiger partial charge < -0.3 is 21.3 Å². The van der Waals surface area contributed by atoms with Crippen LogP contribution in [0.15, 0.2) is 24.3 Å². The van der Waals surface area contributed by atoms with Gasteiger partial charge >= 0.3 is 11.8 Å². The molecule has 1 rings (SSSR count). The molecular weight excluding hydrogens is 272 g/mol. The lowest BCUT2D eigenvalue weighted by molar-refractivity contribution is -0.136. The summed E-state index contributed by atoms with van der Waals surface area (Å²) in [5.41, 5.74) is 5.87. The Morgan fingerprint density at radius 2 is 1.71 bits per heavy atom. The van der Waals surface area contributed by atoms with Gasteiger partial charge in [0.1, 0.15) is 0 Å². The highest BCUT2D eigenvalue weighted by molar-refractivity contribution is 6.39. The fourth-order valence-corrected chi connectivity index (χ4v) is 1.58. The first kappa shape index (κ1) is 16.6. The van der Waals surface area contributed by atoms with Gasteiger partial charge in [-0.25, -0.2) is 0 Å². The summed E-state index contributed by atoms with van der Waals surface area (Å²) in [6.45, 7) is 1.27. The number of hydrogen-bond donors (Lipinski definition) is 3. The molecule has 4 N–H and O–H groups in total. The van der Waals surface area contributed by atoms with Crippen molar-refractivity contribution >= 4 is 23.4 Å². The van der Waals surface area contributed by atoms with Crippen LogP contribution in [0.2, 0.25) is 0 Å². The molecule has 0 aliphatic heterocycles. The average Bonchev–Trinajstić information content (AvgIpc) is 2.43. The fourth-order valence-electron chi connectivity index (χ4n) is 1.58. The molecule has 0 fully saturated rings. The van der Waals surface area contributed by atoms with E-state index in [1.165, 1.54) is 24.3 Å². The molecule has 0 spiro atoms. The lowest BCUT2D eigenvalue weighted by Crippen LogP contribution is -2.36. The van der Waals surface area contributed by atoms with Crippen molar-refractivity contribution in [2.24, 2.45) is 5.73 Å². The summed E-state index contributed by atoms with van der Waals surface area (Å²) in [6.07, 6.45) is 0.763. The number of nitrogens with two attached hydrogens (primary N) is 1. The van der Waals surface area contributed by atoms with Gasteiger partial charge in [0.2, 0.25) is 5.91 Å². The zero-order chi connectivity index (χ0) is 15.8. The van der Waals surface area contributed by atoms with Gasteiger partial charge in [-0.05, 0) is 51.3 Å². The maximum atomic E-state index is 11.6. The van der Waals surface area contributed by atoms with Crippen LogP contribution >= 0.6 is 0 Å². The summed E-state index contributed by atoms with van der Waals surface area (Å²) < 4.78 is 0. The predicted molar refractivity (Wildman–Crippen MR) is 79.8 cm³/mol. The van der Waals surface area contributed by atoms with Crippen molar-refractivity contribution in [1.82, 2.24) is 10.2 Å². The Morgan fingerprint density at radius 1 is 1.10 bits per heavy atom. The first-order chi connectivity index (χ1) is 9.90. The average molecular weight is 292 g/mol. The molecule has 0 radical (unpaired) electrons. The summed E-state index contributed by atoms with van der Waals surface area (Å²) >= 11 is 0. The van der Waals surface area contributed by atoms with Crippen LogP contribution in [0.4, 0.5) is 5.69 Å². The van der Waals surface area contributed by atoms with Crippen molar-refractivity contribution in [3.63, 3.8) is 0 Å². The SMILES string of the molecule is CN(C)CCCNC(=O)C(=O)Nc1ccc(C(N)=O)cc1. The summed E-state index contributed by atoms with van der Waals surface area (Å²) in [4.78, 5) is 36.1. The quantitative estimate of drug-likeness (QED) is 0.498. The Bertz CT molecular complexity index is 511. The topological polar surface area (TPSA) is 105 Å². The zero-order valence-corrected chi connectivity index (χ0v) is 12.2. The molecule has 0 aliphatic rings. The number of nitrogens with one attached hydrogen (secondary N) is 2. The second-order valence-corrected chi connectivity index (χ2v) is 4.81. The predicted octanol–water partition coefficient (Wildman–Crippen LogP) is -0.208. The Kier molecular flexibility index (Phi) is 6.35. The summed E-state index contributed by atoms with van der Waals surface area (Å²) in [5.74, 6) is -1.98. The second kappa shape index (κ2) is 8.01. The first-order valence-corrected chi connectivity index (χ1v) is 6.54. The number of primary amides is 1. The standard InChI is InChI=1S/C14H20N4O3/c1-18(2)9-3-8-16-13(20)14(21)17-11-6-4-10(5-7-11)12(15)19/h4-7H,3,8-9H2,1-2H3,(H2,15,19)(H,16,20)(H,17,21). The highest BCUT2D eigenvalue weighted by atomic mass is 16.2. The van der Waals surface area contributed by atoms with Crippen molar-refractivity contribution in [2.75, 3.05) is 32.5 Å². The molecule has 7 heteroatoms. The van der Waals surface area contributed by atoms with Crippen molar-refractivity contribution in [1.29, 1.82) is 0 Å². The molecule has 0 heterocycles. The number of nitrogens with zero attached hydrogens (tertiary/aromatic N) is 1. The van der Waals surface area contributed by atoms with Gasteiger partial charge in [-0.3, -0.25) is 14.4 Å². The van der Waals surface area contributed by atoms with E-state index < -0.39 is 17.7 Å². The van der Waals surface area contributed by atoms with E-state index >= 15 is 0 Å². The van der Waals surface area contributed by atoms with Gasteiger partial charge in [0, 0.05) is 17.8 Å². The van der Waals surface area contributed by atoms with Crippen molar-refractivity contribution in [3.8, 4) is 0 Å². The number of benzene rings is 1. The highest BCUT2D eigenvalue weighted by Gasteiger charge is 2.13. The van der Waals surface area contributed by atoms with E-state index in [0.29, 0.717) is 17.8 Å². The number of rotatable bonds is 6. The summed E-state index contributed by atoms with van der Waals surface area (Å²) in [5, 5.41) is 4.98. The van der Waals surface area contributed by atoms with Crippen LogP contribution < -0.4 is 16.4 Å². The second-order valence-electron chi connectivity index (χ2n) is 4.81. The highest BCUT2D eigenvalue weighted by Crippen LogP contribution is 2.08. The van der Waals surface area contributed by atoms with Crippen molar-refractivity contribution in [3.05, 3.63) is 29.8 Å². The van der Waals surface area contributed by atoms with Crippen LogP contribution in [-0.2, 0) is 9.59 Å². The summed E-state index contributed by atoms with van der Waals surface area (Å²) in [7, 11) is 3.87. The number of hydrogen-bond acceptors (Lipinski definition) is 4. The van der Waals surface area contributed by atoms with E-state index in [-0.39, 0.29) is 0 Å². The van der Waals surface area contributed by atoms with Gasteiger partial charge in [-0.15, -0.1) is 0 Å². The minimum atomic E-state index is -0.744. The maximum Gasteiger partial charge on any atom is 0.313 e. The molecule has 1 aromatic rings. The molecule has 0 aromatic heterocycles. The summed E-state index contributed by atoms with van der Waals surface area (Å²) in [6, 6.07) is 5.98. The van der Waals surface area contributed by atoms with E-state index in [1.54, 1.807) is 0 Å². The third kappa shape index (κ3) is 6.05. The van der Waals surface area contributed by atoms with E-state index in [0.717, 1.165) is 13.0 Å². The van der Waals surface area contributed by atoms with Crippen LogP contribution in [0.5, 0.6) is 0 Å². The number of carbonyl (C=O) groups is 3. The Balaban J connectivity index is 2.41. The van der Waals surface area contributed by atoms with E-state index in [4.69, 9.17) is 5.73 Å². The first-order valence-electron chi connectivity index (χ1n) is 6.54. The molecule has 0 saturated heterocycles. The smallest absolute Gasteiger partial charge is 0.313 e. The lowest BCUT2D eigenvalue weighted by Gasteiger charge is -2.10. The van der Waals surface area contributed by atoms with E-state index in [2.05, 4.69) is 10.6 Å². The fraction of sp³-hybridized carbons (Fsp3) is 0.357. The third-order valence-electron chi connectivity index (χ3n) is 2.70. The van der Waals surface area contributed by atoms with Gasteiger partial charge in [0.05, 0.1) is 0 Å². The van der Waals surface area contributed by atoms with Gasteiger partial charge in [-0.2, -0.15) is 0 Å².